The molecule has 1 unspecified atom stereocenters. The molecule has 1 fully saturated rings. The number of carbonyl (C=O) groups is 1. The number of benzene rings is 1. The van der Waals surface area contributed by atoms with Crippen molar-refractivity contribution in [3.05, 3.63) is 46.3 Å². The summed E-state index contributed by atoms with van der Waals surface area (Å²) in [6, 6.07) is 6.95. The summed E-state index contributed by atoms with van der Waals surface area (Å²) >= 11 is 3.28. The van der Waals surface area contributed by atoms with Crippen molar-refractivity contribution in [3.63, 3.8) is 0 Å². The summed E-state index contributed by atoms with van der Waals surface area (Å²) in [5, 5.41) is 8.12. The number of likely N-dealkylation sites (N-methyl/N-ethyl adjacent to an activating group) is 1. The fourth-order valence-corrected chi connectivity index (χ4v) is 3.71. The molecule has 1 amide bonds. The van der Waals surface area contributed by atoms with Gasteiger partial charge in [0.2, 0.25) is 0 Å². The van der Waals surface area contributed by atoms with Gasteiger partial charge in [0.05, 0.1) is 11.3 Å². The Morgan fingerprint density at radius 3 is 3.00 bits per heavy atom. The van der Waals surface area contributed by atoms with Gasteiger partial charge in [-0.25, -0.2) is 4.39 Å². The van der Waals surface area contributed by atoms with Gasteiger partial charge in [0.15, 0.2) is 5.82 Å². The quantitative estimate of drug-likeness (QED) is 0.823. The Morgan fingerprint density at radius 1 is 1.52 bits per heavy atom. The van der Waals surface area contributed by atoms with Crippen LogP contribution in [0.5, 0.6) is 0 Å². The van der Waals surface area contributed by atoms with Gasteiger partial charge in [0.25, 0.3) is 5.91 Å². The van der Waals surface area contributed by atoms with Crippen LogP contribution in [-0.4, -0.2) is 42.3 Å². The fraction of sp³-hybridized carbons (Fsp3) is 0.353. The van der Waals surface area contributed by atoms with Crippen LogP contribution in [-0.2, 0) is 0 Å². The van der Waals surface area contributed by atoms with Crippen LogP contribution < -0.4 is 15.5 Å². The van der Waals surface area contributed by atoms with Crippen LogP contribution in [0.15, 0.2) is 34.9 Å². The van der Waals surface area contributed by atoms with E-state index in [1.807, 2.05) is 24.1 Å². The lowest BCUT2D eigenvalue weighted by Gasteiger charge is -2.31. The standard InChI is InChI=1S/C17H19BrFN5O/c1-23(14-9-11(18)8-13(19)16(14)17(20)25)10-12-4-3-7-24(12)15-5-2-6-21-22-15/h2,5-6,8-9,12H,3-4,7,10H2,1H3,(H2,20,25). The number of nitrogens with two attached hydrogens (primary N) is 1. The van der Waals surface area contributed by atoms with E-state index in [1.54, 1.807) is 12.3 Å². The van der Waals surface area contributed by atoms with Gasteiger partial charge in [0, 0.05) is 36.8 Å². The number of nitrogens with zero attached hydrogens (tertiary/aromatic N) is 4. The van der Waals surface area contributed by atoms with Crippen LogP contribution >= 0.6 is 15.9 Å². The number of carbonyl (C=O) groups excluding carboxylic acids is 1. The van der Waals surface area contributed by atoms with Crippen LogP contribution in [0.1, 0.15) is 23.2 Å². The third kappa shape index (κ3) is 3.73. The zero-order chi connectivity index (χ0) is 18.0. The van der Waals surface area contributed by atoms with Crippen LogP contribution in [0.2, 0.25) is 0 Å². The van der Waals surface area contributed by atoms with Crippen LogP contribution in [0, 0.1) is 5.82 Å². The third-order valence-electron chi connectivity index (χ3n) is 4.41. The molecule has 1 aliphatic rings. The van der Waals surface area contributed by atoms with Gasteiger partial charge >= 0.3 is 0 Å². The summed E-state index contributed by atoms with van der Waals surface area (Å²) < 4.78 is 14.8. The van der Waals surface area contributed by atoms with Crippen molar-refractivity contribution < 1.29 is 9.18 Å². The molecule has 1 aliphatic heterocycles. The Balaban J connectivity index is 1.85. The predicted octanol–water partition coefficient (Wildman–Crippen LogP) is 2.58. The SMILES string of the molecule is CN(CC1CCCN1c1cccnn1)c1cc(Br)cc(F)c1C(N)=O. The molecule has 1 saturated heterocycles. The maximum absolute atomic E-state index is 14.2. The van der Waals surface area contributed by atoms with E-state index in [0.29, 0.717) is 16.7 Å². The summed E-state index contributed by atoms with van der Waals surface area (Å²) in [6.45, 7) is 1.51. The molecule has 0 saturated carbocycles. The number of anilines is 2. The van der Waals surface area contributed by atoms with Gasteiger partial charge in [-0.1, -0.05) is 15.9 Å². The first-order valence-corrected chi connectivity index (χ1v) is 8.81. The molecule has 2 aromatic rings. The molecule has 0 bridgehead atoms. The molecule has 1 aromatic carbocycles. The zero-order valence-corrected chi connectivity index (χ0v) is 15.4. The Bertz CT molecular complexity index is 773. The lowest BCUT2D eigenvalue weighted by atomic mass is 10.1. The molecule has 1 atom stereocenters. The molecular weight excluding hydrogens is 389 g/mol. The molecule has 8 heteroatoms. The number of halogens is 2. The van der Waals surface area contributed by atoms with Crippen molar-refractivity contribution in [2.75, 3.05) is 29.9 Å². The second-order valence-corrected chi connectivity index (χ2v) is 7.01. The lowest BCUT2D eigenvalue weighted by molar-refractivity contribution is 0.0997. The Hall–Kier alpha value is -2.22. The van der Waals surface area contributed by atoms with Gasteiger partial charge in [-0.2, -0.15) is 5.10 Å². The van der Waals surface area contributed by atoms with Crippen molar-refractivity contribution >= 4 is 33.3 Å². The lowest BCUT2D eigenvalue weighted by Crippen LogP contribution is -2.40. The molecule has 1 aromatic heterocycles. The molecule has 2 N–H and O–H groups in total. The van der Waals surface area contributed by atoms with Gasteiger partial charge in [-0.3, -0.25) is 4.79 Å². The summed E-state index contributed by atoms with van der Waals surface area (Å²) in [5.41, 5.74) is 5.77. The van der Waals surface area contributed by atoms with Crippen molar-refractivity contribution in [1.29, 1.82) is 0 Å². The van der Waals surface area contributed by atoms with Gasteiger partial charge < -0.3 is 15.5 Å². The zero-order valence-electron chi connectivity index (χ0n) is 13.8. The molecule has 3 rings (SSSR count). The maximum Gasteiger partial charge on any atom is 0.253 e. The predicted molar refractivity (Wildman–Crippen MR) is 98.3 cm³/mol. The normalized spacial score (nSPS) is 16.9. The smallest absolute Gasteiger partial charge is 0.253 e. The van der Waals surface area contributed by atoms with E-state index in [9.17, 15) is 9.18 Å². The second-order valence-electron chi connectivity index (χ2n) is 6.10. The molecule has 0 spiro atoms. The van der Waals surface area contributed by atoms with E-state index in [2.05, 4.69) is 31.0 Å². The Labute approximate surface area is 153 Å². The summed E-state index contributed by atoms with van der Waals surface area (Å²) in [7, 11) is 1.83. The highest BCUT2D eigenvalue weighted by atomic mass is 79.9. The van der Waals surface area contributed by atoms with Crippen molar-refractivity contribution in [3.8, 4) is 0 Å². The average Bonchev–Trinajstić information content (AvgIpc) is 3.02. The number of primary amides is 1. The van der Waals surface area contributed by atoms with Crippen LogP contribution in [0.3, 0.4) is 0 Å². The van der Waals surface area contributed by atoms with E-state index in [1.165, 1.54) is 6.07 Å². The van der Waals surface area contributed by atoms with E-state index in [0.717, 1.165) is 25.2 Å². The molecule has 6 nitrogen and oxygen atoms in total. The molecule has 0 aliphatic carbocycles. The first-order valence-electron chi connectivity index (χ1n) is 8.01. The number of rotatable bonds is 5. The number of hydrogen-bond donors (Lipinski definition) is 1. The van der Waals surface area contributed by atoms with Crippen LogP contribution in [0.4, 0.5) is 15.9 Å². The first-order chi connectivity index (χ1) is 12.0. The summed E-state index contributed by atoms with van der Waals surface area (Å²) in [5.74, 6) is -0.570. The minimum atomic E-state index is -0.774. The van der Waals surface area contributed by atoms with Crippen molar-refractivity contribution in [1.82, 2.24) is 10.2 Å². The first kappa shape index (κ1) is 17.6. The van der Waals surface area contributed by atoms with E-state index >= 15 is 0 Å². The minimum absolute atomic E-state index is 0.0882. The van der Waals surface area contributed by atoms with Crippen molar-refractivity contribution in [2.45, 2.75) is 18.9 Å². The second kappa shape index (κ2) is 7.35. The van der Waals surface area contributed by atoms with Gasteiger partial charge in [-0.05, 0) is 37.1 Å². The highest BCUT2D eigenvalue weighted by Crippen LogP contribution is 2.30. The molecular formula is C17H19BrFN5O. The highest BCUT2D eigenvalue weighted by Gasteiger charge is 2.28. The average molecular weight is 408 g/mol. The fourth-order valence-electron chi connectivity index (χ4n) is 3.29. The molecule has 25 heavy (non-hydrogen) atoms. The summed E-state index contributed by atoms with van der Waals surface area (Å²) in [4.78, 5) is 15.8. The largest absolute Gasteiger partial charge is 0.372 e. The monoisotopic (exact) mass is 407 g/mol. The molecule has 0 radical (unpaired) electrons. The van der Waals surface area contributed by atoms with Crippen LogP contribution in [0.25, 0.3) is 0 Å². The molecule has 132 valence electrons. The minimum Gasteiger partial charge on any atom is -0.372 e. The highest BCUT2D eigenvalue weighted by molar-refractivity contribution is 9.10. The van der Waals surface area contributed by atoms with Gasteiger partial charge in [-0.15, -0.1) is 5.10 Å². The summed E-state index contributed by atoms with van der Waals surface area (Å²) in [6.07, 6.45) is 3.68. The van der Waals surface area contributed by atoms with Crippen molar-refractivity contribution in [2.24, 2.45) is 5.73 Å². The number of hydrogen-bond acceptors (Lipinski definition) is 5. The van der Waals surface area contributed by atoms with E-state index < -0.39 is 11.7 Å². The maximum atomic E-state index is 14.2. The van der Waals surface area contributed by atoms with Gasteiger partial charge in [0.1, 0.15) is 5.82 Å². The number of amides is 1. The Morgan fingerprint density at radius 2 is 2.32 bits per heavy atom. The van der Waals surface area contributed by atoms with E-state index in [4.69, 9.17) is 5.73 Å². The van der Waals surface area contributed by atoms with E-state index in [-0.39, 0.29) is 11.6 Å². The topological polar surface area (TPSA) is 75.3 Å². The third-order valence-corrected chi connectivity index (χ3v) is 4.86. The Kier molecular flexibility index (Phi) is 5.17. The number of aromatic nitrogens is 2. The molecule has 2 heterocycles.